The van der Waals surface area contributed by atoms with Gasteiger partial charge in [-0.1, -0.05) is 17.7 Å². The Morgan fingerprint density at radius 3 is 2.72 bits per heavy atom. The van der Waals surface area contributed by atoms with Crippen LogP contribution in [0, 0.1) is 6.92 Å². The summed E-state index contributed by atoms with van der Waals surface area (Å²) in [7, 11) is 1.77. The molecule has 2 aromatic rings. The molecule has 0 aliphatic heterocycles. The van der Waals surface area contributed by atoms with Gasteiger partial charge in [0, 0.05) is 23.7 Å². The SMILES string of the molecule is Cc1c(CC(=O)O)c(=O)c2cccc(Cl)c2n1C. The molecule has 0 saturated carbocycles. The summed E-state index contributed by atoms with van der Waals surface area (Å²) in [5.41, 5.74) is 1.31. The maximum atomic E-state index is 12.3. The molecular formula is C13H12ClNO3. The number of halogens is 1. The van der Waals surface area contributed by atoms with Crippen molar-refractivity contribution in [3.05, 3.63) is 44.7 Å². The van der Waals surface area contributed by atoms with Gasteiger partial charge in [-0.2, -0.15) is 0 Å². The van der Waals surface area contributed by atoms with Gasteiger partial charge in [0.1, 0.15) is 0 Å². The summed E-state index contributed by atoms with van der Waals surface area (Å²) in [6.45, 7) is 1.72. The summed E-state index contributed by atoms with van der Waals surface area (Å²) < 4.78 is 1.76. The van der Waals surface area contributed by atoms with Crippen LogP contribution in [0.3, 0.4) is 0 Å². The lowest BCUT2D eigenvalue weighted by atomic mass is 10.1. The van der Waals surface area contributed by atoms with E-state index < -0.39 is 5.97 Å². The summed E-state index contributed by atoms with van der Waals surface area (Å²) >= 11 is 6.09. The number of fused-ring (bicyclic) bond motifs is 1. The second-order valence-electron chi connectivity index (χ2n) is 4.16. The van der Waals surface area contributed by atoms with E-state index in [1.807, 2.05) is 0 Å². The van der Waals surface area contributed by atoms with Crippen molar-refractivity contribution in [3.8, 4) is 0 Å². The number of nitrogens with zero attached hydrogens (tertiary/aromatic N) is 1. The van der Waals surface area contributed by atoms with E-state index in [0.717, 1.165) is 0 Å². The van der Waals surface area contributed by atoms with Crippen molar-refractivity contribution in [2.75, 3.05) is 0 Å². The third-order valence-corrected chi connectivity index (χ3v) is 3.41. The number of pyridine rings is 1. The smallest absolute Gasteiger partial charge is 0.308 e. The summed E-state index contributed by atoms with van der Waals surface area (Å²) in [5.74, 6) is -1.02. The number of carbonyl (C=O) groups is 1. The van der Waals surface area contributed by atoms with Gasteiger partial charge in [-0.3, -0.25) is 9.59 Å². The lowest BCUT2D eigenvalue weighted by molar-refractivity contribution is -0.136. The average Bonchev–Trinajstić information content (AvgIpc) is 2.31. The first kappa shape index (κ1) is 12.6. The van der Waals surface area contributed by atoms with Crippen molar-refractivity contribution in [1.29, 1.82) is 0 Å². The van der Waals surface area contributed by atoms with Gasteiger partial charge >= 0.3 is 5.97 Å². The minimum atomic E-state index is -1.02. The van der Waals surface area contributed by atoms with Crippen molar-refractivity contribution in [2.45, 2.75) is 13.3 Å². The largest absolute Gasteiger partial charge is 0.481 e. The highest BCUT2D eigenvalue weighted by Crippen LogP contribution is 2.22. The second kappa shape index (κ2) is 4.46. The summed E-state index contributed by atoms with van der Waals surface area (Å²) in [6.07, 6.45) is -0.277. The topological polar surface area (TPSA) is 59.3 Å². The molecule has 0 saturated heterocycles. The predicted octanol–water partition coefficient (Wildman–Crippen LogP) is 2.13. The van der Waals surface area contributed by atoms with Crippen LogP contribution in [-0.4, -0.2) is 15.6 Å². The minimum absolute atomic E-state index is 0.259. The van der Waals surface area contributed by atoms with E-state index in [1.54, 1.807) is 36.7 Å². The van der Waals surface area contributed by atoms with Gasteiger partial charge in [0.15, 0.2) is 5.43 Å². The van der Waals surface area contributed by atoms with E-state index >= 15 is 0 Å². The highest BCUT2D eigenvalue weighted by atomic mass is 35.5. The van der Waals surface area contributed by atoms with Crippen LogP contribution in [0.4, 0.5) is 0 Å². The number of carboxylic acid groups (broad SMARTS) is 1. The van der Waals surface area contributed by atoms with Crippen molar-refractivity contribution in [2.24, 2.45) is 7.05 Å². The molecule has 0 fully saturated rings. The third kappa shape index (κ3) is 1.88. The van der Waals surface area contributed by atoms with Crippen LogP contribution in [0.1, 0.15) is 11.3 Å². The number of aliphatic carboxylic acids is 1. The lowest BCUT2D eigenvalue weighted by Crippen LogP contribution is -2.20. The molecule has 0 radical (unpaired) electrons. The predicted molar refractivity (Wildman–Crippen MR) is 70.3 cm³/mol. The van der Waals surface area contributed by atoms with Gasteiger partial charge in [-0.25, -0.2) is 0 Å². The van der Waals surface area contributed by atoms with Gasteiger partial charge in [0.05, 0.1) is 17.0 Å². The van der Waals surface area contributed by atoms with Gasteiger partial charge in [0.2, 0.25) is 0 Å². The standard InChI is InChI=1S/C13H12ClNO3/c1-7-9(6-11(16)17)13(18)8-4-3-5-10(14)12(8)15(7)2/h3-5H,6H2,1-2H3,(H,16,17). The van der Waals surface area contributed by atoms with Crippen molar-refractivity contribution < 1.29 is 9.90 Å². The molecule has 0 unspecified atom stereocenters. The summed E-state index contributed by atoms with van der Waals surface area (Å²) in [5, 5.41) is 9.79. The Hall–Kier alpha value is -1.81. The Labute approximate surface area is 108 Å². The lowest BCUT2D eigenvalue weighted by Gasteiger charge is -2.14. The Morgan fingerprint density at radius 1 is 1.44 bits per heavy atom. The zero-order chi connectivity index (χ0) is 13.4. The first-order chi connectivity index (χ1) is 8.43. The van der Waals surface area contributed by atoms with Gasteiger partial charge in [-0.15, -0.1) is 0 Å². The van der Waals surface area contributed by atoms with Crippen LogP contribution in [-0.2, 0) is 18.3 Å². The van der Waals surface area contributed by atoms with Crippen LogP contribution in [0.25, 0.3) is 10.9 Å². The molecule has 18 heavy (non-hydrogen) atoms. The molecule has 0 bridgehead atoms. The molecular weight excluding hydrogens is 254 g/mol. The molecule has 0 spiro atoms. The fraction of sp³-hybridized carbons (Fsp3) is 0.231. The highest BCUT2D eigenvalue weighted by Gasteiger charge is 2.15. The fourth-order valence-corrected chi connectivity index (χ4v) is 2.40. The molecule has 0 amide bonds. The number of carboxylic acids is 1. The highest BCUT2D eigenvalue weighted by molar-refractivity contribution is 6.35. The Bertz CT molecular complexity index is 703. The van der Waals surface area contributed by atoms with E-state index in [1.165, 1.54) is 0 Å². The van der Waals surface area contributed by atoms with Gasteiger partial charge in [-0.05, 0) is 19.1 Å². The van der Waals surface area contributed by atoms with Crippen LogP contribution >= 0.6 is 11.6 Å². The van der Waals surface area contributed by atoms with Crippen LogP contribution in [0.5, 0.6) is 0 Å². The number of aryl methyl sites for hydroxylation is 1. The summed E-state index contributed by atoms with van der Waals surface area (Å²) in [6, 6.07) is 5.06. The zero-order valence-electron chi connectivity index (χ0n) is 10.0. The Balaban J connectivity index is 2.93. The van der Waals surface area contributed by atoms with Crippen molar-refractivity contribution in [1.82, 2.24) is 4.57 Å². The van der Waals surface area contributed by atoms with Crippen molar-refractivity contribution in [3.63, 3.8) is 0 Å². The maximum absolute atomic E-state index is 12.3. The minimum Gasteiger partial charge on any atom is -0.481 e. The number of hydrogen-bond acceptors (Lipinski definition) is 2. The zero-order valence-corrected chi connectivity index (χ0v) is 10.8. The van der Waals surface area contributed by atoms with Crippen LogP contribution in [0.15, 0.2) is 23.0 Å². The fourth-order valence-electron chi connectivity index (χ4n) is 2.10. The Kier molecular flexibility index (Phi) is 3.13. The quantitative estimate of drug-likeness (QED) is 0.905. The van der Waals surface area contributed by atoms with E-state index in [-0.39, 0.29) is 11.8 Å². The molecule has 5 heteroatoms. The first-order valence-electron chi connectivity index (χ1n) is 5.42. The van der Waals surface area contributed by atoms with E-state index in [2.05, 4.69) is 0 Å². The van der Waals surface area contributed by atoms with Crippen molar-refractivity contribution >= 4 is 28.5 Å². The normalized spacial score (nSPS) is 10.8. The van der Waals surface area contributed by atoms with E-state index in [4.69, 9.17) is 16.7 Å². The van der Waals surface area contributed by atoms with Gasteiger partial charge in [0.25, 0.3) is 0 Å². The second-order valence-corrected chi connectivity index (χ2v) is 4.57. The number of rotatable bonds is 2. The first-order valence-corrected chi connectivity index (χ1v) is 5.79. The summed E-state index contributed by atoms with van der Waals surface area (Å²) in [4.78, 5) is 23.1. The number of hydrogen-bond donors (Lipinski definition) is 1. The van der Waals surface area contributed by atoms with E-state index in [0.29, 0.717) is 27.2 Å². The number of benzene rings is 1. The number of para-hydroxylation sites is 1. The van der Waals surface area contributed by atoms with Crippen LogP contribution < -0.4 is 5.43 Å². The van der Waals surface area contributed by atoms with E-state index in [9.17, 15) is 9.59 Å². The molecule has 0 atom stereocenters. The number of aromatic nitrogens is 1. The Morgan fingerprint density at radius 2 is 2.11 bits per heavy atom. The van der Waals surface area contributed by atoms with Gasteiger partial charge < -0.3 is 9.67 Å². The molecule has 94 valence electrons. The monoisotopic (exact) mass is 265 g/mol. The van der Waals surface area contributed by atoms with Crippen LogP contribution in [0.2, 0.25) is 5.02 Å². The molecule has 1 aromatic carbocycles. The molecule has 4 nitrogen and oxygen atoms in total. The molecule has 1 heterocycles. The average molecular weight is 266 g/mol. The molecule has 1 aromatic heterocycles. The molecule has 1 N–H and O–H groups in total. The maximum Gasteiger partial charge on any atom is 0.308 e. The third-order valence-electron chi connectivity index (χ3n) is 3.11. The molecule has 0 aliphatic rings. The molecule has 0 aliphatic carbocycles. The molecule has 2 rings (SSSR count).